The molecular weight excluding hydrogens is 302 g/mol. The van der Waals surface area contributed by atoms with Gasteiger partial charge in [0.05, 0.1) is 11.4 Å². The number of hydrazine groups is 1. The summed E-state index contributed by atoms with van der Waals surface area (Å²) in [5, 5.41) is 0. The molecule has 0 atom stereocenters. The van der Waals surface area contributed by atoms with Crippen molar-refractivity contribution in [2.75, 3.05) is 15.9 Å². The number of unbranched alkanes of at least 4 members (excludes halogenated alkanes) is 5. The molecule has 0 aliphatic carbocycles. The Morgan fingerprint density at radius 3 is 2.18 bits per heavy atom. The van der Waals surface area contributed by atoms with Gasteiger partial charge in [0.1, 0.15) is 0 Å². The van der Waals surface area contributed by atoms with Crippen LogP contribution in [-0.4, -0.2) is 20.6 Å². The van der Waals surface area contributed by atoms with Crippen LogP contribution in [0.3, 0.4) is 0 Å². The molecule has 0 bridgehead atoms. The fraction of sp³-hybridized carbons (Fsp3) is 0.533. The van der Waals surface area contributed by atoms with E-state index in [4.69, 9.17) is 0 Å². The zero-order valence-corrected chi connectivity index (χ0v) is 13.8. The lowest BCUT2D eigenvalue weighted by molar-refractivity contribution is -0.109. The highest BCUT2D eigenvalue weighted by Crippen LogP contribution is 2.15. The van der Waals surface area contributed by atoms with E-state index in [9.17, 15) is 13.2 Å². The van der Waals surface area contributed by atoms with Gasteiger partial charge in [0.25, 0.3) is 0 Å². The molecule has 7 heteroatoms. The number of carbonyl (C=O) groups excluding carboxylic acids is 1. The van der Waals surface area contributed by atoms with Crippen molar-refractivity contribution in [2.45, 2.75) is 45.4 Å². The Bertz CT molecular complexity index is 529. The highest BCUT2D eigenvalue weighted by Gasteiger charge is 2.09. The second-order valence-corrected chi connectivity index (χ2v) is 7.00. The molecular formula is C15H25N3O3S. The van der Waals surface area contributed by atoms with Crippen LogP contribution in [0.4, 0.5) is 11.4 Å². The average molecular weight is 327 g/mol. The number of carbonyl (C=O) groups is 1. The van der Waals surface area contributed by atoms with E-state index in [1.54, 1.807) is 24.3 Å². The maximum absolute atomic E-state index is 12.0. The third-order valence-electron chi connectivity index (χ3n) is 3.20. The molecule has 1 aromatic rings. The first-order valence-corrected chi connectivity index (χ1v) is 9.28. The van der Waals surface area contributed by atoms with Crippen LogP contribution in [0.25, 0.3) is 0 Å². The van der Waals surface area contributed by atoms with E-state index in [1.165, 1.54) is 19.3 Å². The van der Waals surface area contributed by atoms with Gasteiger partial charge in [-0.2, -0.15) is 0 Å². The topological polar surface area (TPSA) is 87.3 Å². The van der Waals surface area contributed by atoms with E-state index < -0.39 is 10.0 Å². The summed E-state index contributed by atoms with van der Waals surface area (Å²) in [5.74, 6) is 0.145. The SMILES string of the molecule is CCCCCCCCS(=O)(=O)Nc1ccc(NNC=O)cc1. The normalized spacial score (nSPS) is 11.0. The minimum Gasteiger partial charge on any atom is -0.299 e. The van der Waals surface area contributed by atoms with Crippen LogP contribution in [0.1, 0.15) is 45.4 Å². The van der Waals surface area contributed by atoms with Crippen LogP contribution in [-0.2, 0) is 14.8 Å². The molecule has 0 radical (unpaired) electrons. The minimum absolute atomic E-state index is 0.145. The van der Waals surface area contributed by atoms with Crippen LogP contribution in [0, 0.1) is 0 Å². The summed E-state index contributed by atoms with van der Waals surface area (Å²) in [6, 6.07) is 6.65. The van der Waals surface area contributed by atoms with Gasteiger partial charge in [0.15, 0.2) is 0 Å². The molecule has 0 aromatic heterocycles. The number of hydrogen-bond donors (Lipinski definition) is 3. The third-order valence-corrected chi connectivity index (χ3v) is 4.57. The number of anilines is 2. The van der Waals surface area contributed by atoms with Crippen molar-refractivity contribution in [3.63, 3.8) is 0 Å². The van der Waals surface area contributed by atoms with Gasteiger partial charge in [0, 0.05) is 5.69 Å². The van der Waals surface area contributed by atoms with Crippen LogP contribution in [0.2, 0.25) is 0 Å². The summed E-state index contributed by atoms with van der Waals surface area (Å²) >= 11 is 0. The molecule has 0 saturated carbocycles. The van der Waals surface area contributed by atoms with Crippen LogP contribution in [0.15, 0.2) is 24.3 Å². The Labute approximate surface area is 132 Å². The Morgan fingerprint density at radius 1 is 0.955 bits per heavy atom. The standard InChI is InChI=1S/C15H25N3O3S/c1-2-3-4-5-6-7-12-22(20,21)18-15-10-8-14(9-11-15)17-16-13-19/h8-11,13,17-18H,2-7,12H2,1H3,(H,16,19). The van der Waals surface area contributed by atoms with Gasteiger partial charge >= 0.3 is 0 Å². The highest BCUT2D eigenvalue weighted by atomic mass is 32.2. The average Bonchev–Trinajstić information content (AvgIpc) is 2.50. The lowest BCUT2D eigenvalue weighted by atomic mass is 10.1. The predicted molar refractivity (Wildman–Crippen MR) is 90.0 cm³/mol. The van der Waals surface area contributed by atoms with Gasteiger partial charge in [-0.15, -0.1) is 0 Å². The highest BCUT2D eigenvalue weighted by molar-refractivity contribution is 7.92. The van der Waals surface area contributed by atoms with Crippen molar-refractivity contribution in [1.82, 2.24) is 5.43 Å². The van der Waals surface area contributed by atoms with E-state index in [1.807, 2.05) is 0 Å². The summed E-state index contributed by atoms with van der Waals surface area (Å²) in [6.45, 7) is 2.16. The quantitative estimate of drug-likeness (QED) is 0.313. The molecule has 0 aliphatic heterocycles. The molecule has 0 fully saturated rings. The molecule has 22 heavy (non-hydrogen) atoms. The smallest absolute Gasteiger partial charge is 0.232 e. The van der Waals surface area contributed by atoms with Crippen molar-refractivity contribution < 1.29 is 13.2 Å². The molecule has 124 valence electrons. The fourth-order valence-corrected chi connectivity index (χ4v) is 3.22. The molecule has 0 spiro atoms. The van der Waals surface area contributed by atoms with Crippen LogP contribution in [0.5, 0.6) is 0 Å². The summed E-state index contributed by atoms with van der Waals surface area (Å²) in [4.78, 5) is 10.2. The van der Waals surface area contributed by atoms with E-state index in [0.29, 0.717) is 24.2 Å². The Balaban J connectivity index is 2.35. The maximum Gasteiger partial charge on any atom is 0.232 e. The number of hydrogen-bond acceptors (Lipinski definition) is 4. The van der Waals surface area contributed by atoms with Gasteiger partial charge in [0.2, 0.25) is 16.4 Å². The van der Waals surface area contributed by atoms with E-state index in [2.05, 4.69) is 22.5 Å². The molecule has 0 aliphatic rings. The fourth-order valence-electron chi connectivity index (χ4n) is 2.04. The predicted octanol–water partition coefficient (Wildman–Crippen LogP) is 2.86. The van der Waals surface area contributed by atoms with Crippen molar-refractivity contribution in [3.05, 3.63) is 24.3 Å². The van der Waals surface area contributed by atoms with E-state index >= 15 is 0 Å². The van der Waals surface area contributed by atoms with Crippen molar-refractivity contribution >= 4 is 27.8 Å². The lowest BCUT2D eigenvalue weighted by Gasteiger charge is -2.09. The number of sulfonamides is 1. The number of benzene rings is 1. The van der Waals surface area contributed by atoms with Crippen molar-refractivity contribution in [1.29, 1.82) is 0 Å². The second kappa shape index (κ2) is 10.0. The molecule has 1 amide bonds. The van der Waals surface area contributed by atoms with Crippen molar-refractivity contribution in [2.24, 2.45) is 0 Å². The third kappa shape index (κ3) is 7.87. The zero-order valence-electron chi connectivity index (χ0n) is 13.0. The molecule has 1 rings (SSSR count). The maximum atomic E-state index is 12.0. The Morgan fingerprint density at radius 2 is 1.55 bits per heavy atom. The molecule has 0 heterocycles. The van der Waals surface area contributed by atoms with Crippen molar-refractivity contribution in [3.8, 4) is 0 Å². The molecule has 0 unspecified atom stereocenters. The zero-order chi connectivity index (χ0) is 16.3. The number of nitrogens with one attached hydrogen (secondary N) is 3. The summed E-state index contributed by atoms with van der Waals surface area (Å²) in [6.07, 6.45) is 6.82. The molecule has 3 N–H and O–H groups in total. The number of amides is 1. The molecule has 1 aromatic carbocycles. The monoisotopic (exact) mass is 327 g/mol. The van der Waals surface area contributed by atoms with E-state index in [-0.39, 0.29) is 5.75 Å². The van der Waals surface area contributed by atoms with Gasteiger partial charge < -0.3 is 0 Å². The van der Waals surface area contributed by atoms with Crippen LogP contribution < -0.4 is 15.6 Å². The second-order valence-electron chi connectivity index (χ2n) is 5.15. The Hall–Kier alpha value is -1.76. The van der Waals surface area contributed by atoms with E-state index in [0.717, 1.165) is 12.8 Å². The summed E-state index contributed by atoms with van der Waals surface area (Å²) < 4.78 is 26.5. The molecule has 0 saturated heterocycles. The summed E-state index contributed by atoms with van der Waals surface area (Å²) in [5.41, 5.74) is 6.15. The number of rotatable bonds is 12. The van der Waals surface area contributed by atoms with Gasteiger partial charge in [-0.25, -0.2) is 8.42 Å². The minimum atomic E-state index is -3.30. The molecule has 6 nitrogen and oxygen atoms in total. The van der Waals surface area contributed by atoms with Gasteiger partial charge in [-0.3, -0.25) is 20.4 Å². The Kier molecular flexibility index (Phi) is 8.35. The van der Waals surface area contributed by atoms with Crippen LogP contribution >= 0.6 is 0 Å². The first-order valence-electron chi connectivity index (χ1n) is 7.63. The van der Waals surface area contributed by atoms with Gasteiger partial charge in [-0.1, -0.05) is 39.0 Å². The summed E-state index contributed by atoms with van der Waals surface area (Å²) in [7, 11) is -3.30. The largest absolute Gasteiger partial charge is 0.299 e. The lowest BCUT2D eigenvalue weighted by Crippen LogP contribution is -2.19. The first-order chi connectivity index (χ1) is 10.6. The first kappa shape index (κ1) is 18.3. The van der Waals surface area contributed by atoms with Gasteiger partial charge in [-0.05, 0) is 30.7 Å².